The van der Waals surface area contributed by atoms with E-state index in [1.807, 2.05) is 36.4 Å². The average molecular weight is 341 g/mol. The molecule has 1 aliphatic heterocycles. The molecule has 0 bridgehead atoms. The second-order valence-electron chi connectivity index (χ2n) is 6.67. The van der Waals surface area contributed by atoms with E-state index in [2.05, 4.69) is 5.32 Å². The predicted molar refractivity (Wildman–Crippen MR) is 95.9 cm³/mol. The standard InChI is InChI=1S/C21H24FNO2/c22-19-8-4-7-18(15-19)21(11-13-25-14-12-21)16-23-20(24)10-9-17-5-2-1-3-6-17/h1-8,15H,9-14,16H2,(H,23,24). The first-order chi connectivity index (χ1) is 12.2. The highest BCUT2D eigenvalue weighted by molar-refractivity contribution is 5.76. The Balaban J connectivity index is 1.62. The van der Waals surface area contributed by atoms with Crippen LogP contribution in [0.25, 0.3) is 0 Å². The second kappa shape index (κ2) is 8.26. The number of carbonyl (C=O) groups excluding carboxylic acids is 1. The fraction of sp³-hybridized carbons (Fsp3) is 0.381. The van der Waals surface area contributed by atoms with Crippen LogP contribution in [0.3, 0.4) is 0 Å². The minimum atomic E-state index is -0.247. The maximum atomic E-state index is 13.7. The van der Waals surface area contributed by atoms with E-state index in [-0.39, 0.29) is 17.1 Å². The highest BCUT2D eigenvalue weighted by atomic mass is 19.1. The van der Waals surface area contributed by atoms with Gasteiger partial charge in [-0.2, -0.15) is 0 Å². The van der Waals surface area contributed by atoms with Gasteiger partial charge in [-0.05, 0) is 42.5 Å². The van der Waals surface area contributed by atoms with Gasteiger partial charge in [-0.3, -0.25) is 4.79 Å². The van der Waals surface area contributed by atoms with Gasteiger partial charge in [0.15, 0.2) is 0 Å². The molecule has 1 N–H and O–H groups in total. The van der Waals surface area contributed by atoms with Gasteiger partial charge >= 0.3 is 0 Å². The van der Waals surface area contributed by atoms with Crippen LogP contribution in [-0.4, -0.2) is 25.7 Å². The summed E-state index contributed by atoms with van der Waals surface area (Å²) in [4.78, 5) is 12.3. The minimum absolute atomic E-state index is 0.0334. The minimum Gasteiger partial charge on any atom is -0.381 e. The van der Waals surface area contributed by atoms with E-state index in [1.165, 1.54) is 6.07 Å². The molecule has 2 aromatic carbocycles. The van der Waals surface area contributed by atoms with Gasteiger partial charge in [0.25, 0.3) is 0 Å². The number of nitrogens with one attached hydrogen (secondary N) is 1. The molecule has 132 valence electrons. The largest absolute Gasteiger partial charge is 0.381 e. The quantitative estimate of drug-likeness (QED) is 0.871. The number of rotatable bonds is 6. The summed E-state index contributed by atoms with van der Waals surface area (Å²) >= 11 is 0. The van der Waals surface area contributed by atoms with Crippen LogP contribution in [0.5, 0.6) is 0 Å². The number of hydrogen-bond donors (Lipinski definition) is 1. The van der Waals surface area contributed by atoms with Crippen LogP contribution in [0.1, 0.15) is 30.4 Å². The van der Waals surface area contributed by atoms with E-state index in [4.69, 9.17) is 4.74 Å². The number of benzene rings is 2. The van der Waals surface area contributed by atoms with Gasteiger partial charge < -0.3 is 10.1 Å². The molecule has 0 aromatic heterocycles. The number of amides is 1. The Morgan fingerprint density at radius 1 is 1.08 bits per heavy atom. The summed E-state index contributed by atoms with van der Waals surface area (Å²) < 4.78 is 19.2. The van der Waals surface area contributed by atoms with Crippen LogP contribution >= 0.6 is 0 Å². The van der Waals surface area contributed by atoms with Gasteiger partial charge in [-0.1, -0.05) is 42.5 Å². The smallest absolute Gasteiger partial charge is 0.220 e. The third-order valence-corrected chi connectivity index (χ3v) is 4.99. The van der Waals surface area contributed by atoms with Crippen molar-refractivity contribution in [3.63, 3.8) is 0 Å². The molecular weight excluding hydrogens is 317 g/mol. The molecule has 0 saturated carbocycles. The van der Waals surface area contributed by atoms with E-state index >= 15 is 0 Å². The summed E-state index contributed by atoms with van der Waals surface area (Å²) in [5.41, 5.74) is 1.85. The summed E-state index contributed by atoms with van der Waals surface area (Å²) in [6.07, 6.45) is 2.76. The summed E-state index contributed by atoms with van der Waals surface area (Å²) in [5.74, 6) is -0.204. The van der Waals surface area contributed by atoms with Gasteiger partial charge in [0.2, 0.25) is 5.91 Å². The van der Waals surface area contributed by atoms with Crippen LogP contribution in [0.15, 0.2) is 54.6 Å². The number of hydrogen-bond acceptors (Lipinski definition) is 2. The lowest BCUT2D eigenvalue weighted by molar-refractivity contribution is -0.121. The molecule has 0 atom stereocenters. The molecule has 1 amide bonds. The van der Waals surface area contributed by atoms with Crippen LogP contribution < -0.4 is 5.32 Å². The van der Waals surface area contributed by atoms with E-state index in [1.54, 1.807) is 12.1 Å². The zero-order valence-electron chi connectivity index (χ0n) is 14.3. The second-order valence-corrected chi connectivity index (χ2v) is 6.67. The molecular formula is C21H24FNO2. The highest BCUT2D eigenvalue weighted by Crippen LogP contribution is 2.34. The van der Waals surface area contributed by atoms with Gasteiger partial charge in [0.1, 0.15) is 5.82 Å². The number of aryl methyl sites for hydroxylation is 1. The molecule has 1 aliphatic rings. The Bertz CT molecular complexity index is 696. The van der Waals surface area contributed by atoms with Gasteiger partial charge in [0.05, 0.1) is 0 Å². The number of carbonyl (C=O) groups is 1. The van der Waals surface area contributed by atoms with E-state index in [9.17, 15) is 9.18 Å². The zero-order valence-corrected chi connectivity index (χ0v) is 14.3. The van der Waals surface area contributed by atoms with Crippen molar-refractivity contribution in [1.29, 1.82) is 0 Å². The van der Waals surface area contributed by atoms with Crippen molar-refractivity contribution in [3.05, 3.63) is 71.5 Å². The van der Waals surface area contributed by atoms with Crippen molar-refractivity contribution in [2.45, 2.75) is 31.1 Å². The maximum Gasteiger partial charge on any atom is 0.220 e. The first-order valence-corrected chi connectivity index (χ1v) is 8.82. The van der Waals surface area contributed by atoms with Crippen molar-refractivity contribution in [3.8, 4) is 0 Å². The molecule has 0 spiro atoms. The van der Waals surface area contributed by atoms with Crippen LogP contribution in [0.2, 0.25) is 0 Å². The maximum absolute atomic E-state index is 13.7. The Kier molecular flexibility index (Phi) is 5.82. The lowest BCUT2D eigenvalue weighted by Gasteiger charge is -2.38. The van der Waals surface area contributed by atoms with Crippen molar-refractivity contribution >= 4 is 5.91 Å². The van der Waals surface area contributed by atoms with Crippen LogP contribution in [-0.2, 0) is 21.4 Å². The Labute approximate surface area is 148 Å². The number of ether oxygens (including phenoxy) is 1. The first kappa shape index (κ1) is 17.6. The molecule has 4 heteroatoms. The Morgan fingerprint density at radius 2 is 1.84 bits per heavy atom. The molecule has 2 aromatic rings. The normalized spacial score (nSPS) is 16.4. The van der Waals surface area contributed by atoms with Crippen molar-refractivity contribution in [1.82, 2.24) is 5.32 Å². The first-order valence-electron chi connectivity index (χ1n) is 8.82. The zero-order chi connectivity index (χ0) is 17.5. The summed E-state index contributed by atoms with van der Waals surface area (Å²) in [5, 5.41) is 3.06. The fourth-order valence-electron chi connectivity index (χ4n) is 3.41. The molecule has 25 heavy (non-hydrogen) atoms. The highest BCUT2D eigenvalue weighted by Gasteiger charge is 2.35. The molecule has 0 unspecified atom stereocenters. The SMILES string of the molecule is O=C(CCc1ccccc1)NCC1(c2cccc(F)c2)CCOCC1. The van der Waals surface area contributed by atoms with E-state index in [0.29, 0.717) is 26.2 Å². The van der Waals surface area contributed by atoms with Crippen LogP contribution in [0, 0.1) is 5.82 Å². The van der Waals surface area contributed by atoms with E-state index < -0.39 is 0 Å². The molecule has 3 nitrogen and oxygen atoms in total. The van der Waals surface area contributed by atoms with Crippen molar-refractivity contribution < 1.29 is 13.9 Å². The topological polar surface area (TPSA) is 38.3 Å². The van der Waals surface area contributed by atoms with Crippen LogP contribution in [0.4, 0.5) is 4.39 Å². The molecule has 0 aliphatic carbocycles. The Morgan fingerprint density at radius 3 is 2.56 bits per heavy atom. The molecule has 1 heterocycles. The lowest BCUT2D eigenvalue weighted by atomic mass is 9.74. The fourth-order valence-corrected chi connectivity index (χ4v) is 3.41. The Hall–Kier alpha value is -2.20. The molecule has 0 radical (unpaired) electrons. The van der Waals surface area contributed by atoms with Crippen molar-refractivity contribution in [2.24, 2.45) is 0 Å². The molecule has 1 fully saturated rings. The summed E-state index contributed by atoms with van der Waals surface area (Å²) in [7, 11) is 0. The molecule has 3 rings (SSSR count). The van der Waals surface area contributed by atoms with Gasteiger partial charge in [-0.15, -0.1) is 0 Å². The predicted octanol–water partition coefficient (Wildman–Crippen LogP) is 3.62. The van der Waals surface area contributed by atoms with Gasteiger partial charge in [0, 0.05) is 31.6 Å². The summed E-state index contributed by atoms with van der Waals surface area (Å²) in [6, 6.07) is 16.7. The average Bonchev–Trinajstić information content (AvgIpc) is 2.66. The lowest BCUT2D eigenvalue weighted by Crippen LogP contribution is -2.44. The molecule has 1 saturated heterocycles. The third kappa shape index (κ3) is 4.67. The van der Waals surface area contributed by atoms with Gasteiger partial charge in [-0.25, -0.2) is 4.39 Å². The summed E-state index contributed by atoms with van der Waals surface area (Å²) in [6.45, 7) is 1.79. The van der Waals surface area contributed by atoms with E-state index in [0.717, 1.165) is 30.4 Å². The monoisotopic (exact) mass is 341 g/mol. The van der Waals surface area contributed by atoms with Crippen molar-refractivity contribution in [2.75, 3.05) is 19.8 Å². The number of halogens is 1. The third-order valence-electron chi connectivity index (χ3n) is 4.99.